The third kappa shape index (κ3) is 3.26. The minimum Gasteiger partial charge on any atom is -0.313 e. The van der Waals surface area contributed by atoms with Gasteiger partial charge < -0.3 is 5.32 Å². The maximum absolute atomic E-state index is 14.1. The molecule has 0 saturated heterocycles. The molecule has 1 atom stereocenters. The van der Waals surface area contributed by atoms with E-state index in [4.69, 9.17) is 0 Å². The quantitative estimate of drug-likeness (QED) is 0.829. The van der Waals surface area contributed by atoms with Crippen LogP contribution in [0.3, 0.4) is 0 Å². The van der Waals surface area contributed by atoms with Gasteiger partial charge >= 0.3 is 0 Å². The zero-order valence-corrected chi connectivity index (χ0v) is 12.4. The second kappa shape index (κ2) is 6.67. The van der Waals surface area contributed by atoms with Crippen LogP contribution in [0.4, 0.5) is 4.39 Å². The van der Waals surface area contributed by atoms with Crippen molar-refractivity contribution >= 4 is 0 Å². The molecule has 1 unspecified atom stereocenters. The van der Waals surface area contributed by atoms with Gasteiger partial charge in [0.05, 0.1) is 0 Å². The second-order valence-corrected chi connectivity index (χ2v) is 5.20. The molecular weight excluding hydrogens is 249 g/mol. The predicted molar refractivity (Wildman–Crippen MR) is 83.3 cm³/mol. The Hall–Kier alpha value is -1.67. The van der Waals surface area contributed by atoms with Crippen molar-refractivity contribution < 1.29 is 4.39 Å². The smallest absolute Gasteiger partial charge is 0.131 e. The fourth-order valence-corrected chi connectivity index (χ4v) is 2.34. The number of rotatable bonds is 5. The van der Waals surface area contributed by atoms with Crippen LogP contribution in [0.5, 0.6) is 0 Å². The first-order chi connectivity index (χ1) is 9.65. The summed E-state index contributed by atoms with van der Waals surface area (Å²) in [5.74, 6) is -0.166. The highest BCUT2D eigenvalue weighted by Gasteiger charge is 2.09. The largest absolute Gasteiger partial charge is 0.313 e. The molecule has 0 spiro atoms. The van der Waals surface area contributed by atoms with Gasteiger partial charge in [-0.25, -0.2) is 4.39 Å². The van der Waals surface area contributed by atoms with Crippen LogP contribution in [-0.4, -0.2) is 7.05 Å². The molecule has 0 aliphatic rings. The van der Waals surface area contributed by atoms with E-state index in [9.17, 15) is 4.39 Å². The van der Waals surface area contributed by atoms with Crippen LogP contribution < -0.4 is 5.32 Å². The molecule has 0 radical (unpaired) electrons. The van der Waals surface area contributed by atoms with E-state index in [0.29, 0.717) is 5.56 Å². The maximum atomic E-state index is 14.1. The van der Waals surface area contributed by atoms with Gasteiger partial charge in [0, 0.05) is 11.6 Å². The fraction of sp³-hybridized carbons (Fsp3) is 0.333. The van der Waals surface area contributed by atoms with Gasteiger partial charge in [-0.05, 0) is 49.2 Å². The molecule has 0 saturated carbocycles. The van der Waals surface area contributed by atoms with Crippen LogP contribution in [0.2, 0.25) is 0 Å². The van der Waals surface area contributed by atoms with Crippen molar-refractivity contribution in [1.82, 2.24) is 5.32 Å². The molecule has 1 N–H and O–H groups in total. The molecule has 0 bridgehead atoms. The Morgan fingerprint density at radius 3 is 2.40 bits per heavy atom. The first kappa shape index (κ1) is 14.7. The van der Waals surface area contributed by atoms with Crippen molar-refractivity contribution in [1.29, 1.82) is 0 Å². The van der Waals surface area contributed by atoms with Gasteiger partial charge in [0.15, 0.2) is 0 Å². The molecule has 0 fully saturated rings. The molecule has 0 aliphatic heterocycles. The number of nitrogens with one attached hydrogen (secondary N) is 1. The minimum absolute atomic E-state index is 0.166. The highest BCUT2D eigenvalue weighted by Crippen LogP contribution is 2.26. The Morgan fingerprint density at radius 1 is 1.10 bits per heavy atom. The Bertz CT molecular complexity index is 560. The van der Waals surface area contributed by atoms with Crippen LogP contribution in [0, 0.1) is 5.82 Å². The molecule has 106 valence electrons. The molecule has 0 aromatic heterocycles. The van der Waals surface area contributed by atoms with Gasteiger partial charge in [-0.15, -0.1) is 0 Å². The lowest BCUT2D eigenvalue weighted by molar-refractivity contribution is 0.622. The van der Waals surface area contributed by atoms with Crippen molar-refractivity contribution in [2.24, 2.45) is 0 Å². The Morgan fingerprint density at radius 2 is 1.80 bits per heavy atom. The van der Waals surface area contributed by atoms with Gasteiger partial charge in [0.2, 0.25) is 0 Å². The third-order valence-corrected chi connectivity index (χ3v) is 3.73. The van der Waals surface area contributed by atoms with E-state index in [1.807, 2.05) is 31.3 Å². The third-order valence-electron chi connectivity index (χ3n) is 3.73. The van der Waals surface area contributed by atoms with Crippen molar-refractivity contribution in [3.63, 3.8) is 0 Å². The van der Waals surface area contributed by atoms with E-state index in [1.165, 1.54) is 5.56 Å². The molecular formula is C18H22FN. The topological polar surface area (TPSA) is 12.0 Å². The Kier molecular flexibility index (Phi) is 4.91. The molecule has 20 heavy (non-hydrogen) atoms. The molecule has 0 heterocycles. The Balaban J connectivity index is 2.35. The molecule has 2 aromatic rings. The highest BCUT2D eigenvalue weighted by atomic mass is 19.1. The van der Waals surface area contributed by atoms with Gasteiger partial charge in [-0.1, -0.05) is 43.7 Å². The fourth-order valence-electron chi connectivity index (χ4n) is 2.34. The van der Waals surface area contributed by atoms with Crippen LogP contribution >= 0.6 is 0 Å². The molecule has 0 amide bonds. The standard InChI is InChI=1S/C18H22FN/c1-4-5-14-6-8-15(9-7-14)17-12-16(13(2)20-3)10-11-18(17)19/h6-13,20H,4-5H2,1-3H3. The van der Waals surface area contributed by atoms with Crippen LogP contribution in [0.25, 0.3) is 11.1 Å². The summed E-state index contributed by atoms with van der Waals surface area (Å²) in [6, 6.07) is 13.7. The minimum atomic E-state index is -0.166. The van der Waals surface area contributed by atoms with E-state index in [2.05, 4.69) is 31.3 Å². The Labute approximate surface area is 120 Å². The summed E-state index contributed by atoms with van der Waals surface area (Å²) in [5.41, 5.74) is 4.01. The van der Waals surface area contributed by atoms with Crippen molar-refractivity contribution in [2.75, 3.05) is 7.05 Å². The summed E-state index contributed by atoms with van der Waals surface area (Å²) in [6.45, 7) is 4.23. The van der Waals surface area contributed by atoms with Crippen LogP contribution in [0.1, 0.15) is 37.4 Å². The summed E-state index contributed by atoms with van der Waals surface area (Å²) in [7, 11) is 1.91. The summed E-state index contributed by atoms with van der Waals surface area (Å²) in [5, 5.41) is 3.18. The second-order valence-electron chi connectivity index (χ2n) is 5.20. The van der Waals surface area contributed by atoms with Gasteiger partial charge in [-0.2, -0.15) is 0 Å². The molecule has 2 rings (SSSR count). The van der Waals surface area contributed by atoms with E-state index in [-0.39, 0.29) is 11.9 Å². The lowest BCUT2D eigenvalue weighted by Crippen LogP contribution is -2.12. The number of hydrogen-bond donors (Lipinski definition) is 1. The van der Waals surface area contributed by atoms with Crippen molar-refractivity contribution in [3.8, 4) is 11.1 Å². The van der Waals surface area contributed by atoms with Crippen molar-refractivity contribution in [2.45, 2.75) is 32.7 Å². The van der Waals surface area contributed by atoms with E-state index < -0.39 is 0 Å². The summed E-state index contributed by atoms with van der Waals surface area (Å²) >= 11 is 0. The van der Waals surface area contributed by atoms with Gasteiger partial charge in [0.25, 0.3) is 0 Å². The monoisotopic (exact) mass is 271 g/mol. The maximum Gasteiger partial charge on any atom is 0.131 e. The highest BCUT2D eigenvalue weighted by molar-refractivity contribution is 5.65. The number of halogens is 1. The average molecular weight is 271 g/mol. The average Bonchev–Trinajstić information content (AvgIpc) is 2.48. The number of aryl methyl sites for hydroxylation is 1. The molecule has 1 nitrogen and oxygen atoms in total. The van der Waals surface area contributed by atoms with Crippen LogP contribution in [0.15, 0.2) is 42.5 Å². The van der Waals surface area contributed by atoms with Gasteiger partial charge in [-0.3, -0.25) is 0 Å². The SMILES string of the molecule is CCCc1ccc(-c2cc(C(C)NC)ccc2F)cc1. The first-order valence-corrected chi connectivity index (χ1v) is 7.21. The number of benzene rings is 2. The van der Waals surface area contributed by atoms with E-state index >= 15 is 0 Å². The zero-order valence-electron chi connectivity index (χ0n) is 12.4. The summed E-state index contributed by atoms with van der Waals surface area (Å²) in [4.78, 5) is 0. The number of hydrogen-bond acceptors (Lipinski definition) is 1. The lowest BCUT2D eigenvalue weighted by atomic mass is 9.98. The summed E-state index contributed by atoms with van der Waals surface area (Å²) in [6.07, 6.45) is 2.20. The van der Waals surface area contributed by atoms with E-state index in [0.717, 1.165) is 24.0 Å². The van der Waals surface area contributed by atoms with Crippen molar-refractivity contribution in [3.05, 3.63) is 59.4 Å². The van der Waals surface area contributed by atoms with E-state index in [1.54, 1.807) is 6.07 Å². The zero-order chi connectivity index (χ0) is 14.5. The molecule has 2 aromatic carbocycles. The molecule has 0 aliphatic carbocycles. The first-order valence-electron chi connectivity index (χ1n) is 7.21. The van der Waals surface area contributed by atoms with Gasteiger partial charge in [0.1, 0.15) is 5.82 Å². The molecule has 2 heteroatoms. The normalized spacial score (nSPS) is 12.4. The summed E-state index contributed by atoms with van der Waals surface area (Å²) < 4.78 is 14.1. The lowest BCUT2D eigenvalue weighted by Gasteiger charge is -2.13. The van der Waals surface area contributed by atoms with Crippen LogP contribution in [-0.2, 0) is 6.42 Å². The predicted octanol–water partition coefficient (Wildman–Crippen LogP) is 4.73.